The van der Waals surface area contributed by atoms with Crippen LogP contribution in [-0.4, -0.2) is 35.2 Å². The van der Waals surface area contributed by atoms with Crippen LogP contribution >= 0.6 is 0 Å². The highest BCUT2D eigenvalue weighted by molar-refractivity contribution is 4.89. The molecule has 1 saturated heterocycles. The maximum atomic E-state index is 8.81. The molecule has 1 aliphatic rings. The lowest BCUT2D eigenvalue weighted by molar-refractivity contribution is -0.00178. The maximum Gasteiger partial charge on any atom is 0.0448 e. The normalized spacial score (nSPS) is 21.8. The minimum atomic E-state index is 0.210. The van der Waals surface area contributed by atoms with Gasteiger partial charge in [-0.1, -0.05) is 6.92 Å². The number of rotatable bonds is 3. The number of nitrogens with zero attached hydrogens (tertiary/aromatic N) is 1. The zero-order valence-electron chi connectivity index (χ0n) is 7.80. The Morgan fingerprint density at radius 1 is 1.45 bits per heavy atom. The molecule has 2 nitrogen and oxygen atoms in total. The second-order valence-electron chi connectivity index (χ2n) is 4.30. The van der Waals surface area contributed by atoms with Crippen LogP contribution in [0.5, 0.6) is 0 Å². The van der Waals surface area contributed by atoms with Crippen molar-refractivity contribution in [1.29, 1.82) is 0 Å². The van der Waals surface area contributed by atoms with Gasteiger partial charge in [-0.05, 0) is 26.2 Å². The summed E-state index contributed by atoms with van der Waals surface area (Å²) >= 11 is 0. The van der Waals surface area contributed by atoms with Crippen molar-refractivity contribution in [2.45, 2.75) is 32.7 Å². The van der Waals surface area contributed by atoms with E-state index in [0.29, 0.717) is 6.61 Å². The molecule has 66 valence electrons. The highest BCUT2D eigenvalue weighted by atomic mass is 16.3. The van der Waals surface area contributed by atoms with Crippen molar-refractivity contribution in [3.8, 4) is 0 Å². The zero-order chi connectivity index (χ0) is 8.48. The molecule has 0 bridgehead atoms. The van der Waals surface area contributed by atoms with Crippen molar-refractivity contribution in [1.82, 2.24) is 4.90 Å². The fraction of sp³-hybridized carbons (Fsp3) is 1.00. The summed E-state index contributed by atoms with van der Waals surface area (Å²) in [5.74, 6) is 0.855. The third-order valence-electron chi connectivity index (χ3n) is 2.64. The van der Waals surface area contributed by atoms with Crippen LogP contribution in [0.25, 0.3) is 0 Å². The molecule has 0 aromatic carbocycles. The van der Waals surface area contributed by atoms with Gasteiger partial charge in [0.2, 0.25) is 0 Å². The third kappa shape index (κ3) is 1.94. The SMILES string of the molecule is CC1CN(C(C)(C)CCO)C1. The van der Waals surface area contributed by atoms with Crippen molar-refractivity contribution in [2.24, 2.45) is 5.92 Å². The molecule has 1 rings (SSSR count). The maximum absolute atomic E-state index is 8.81. The molecule has 11 heavy (non-hydrogen) atoms. The van der Waals surface area contributed by atoms with Crippen LogP contribution < -0.4 is 0 Å². The van der Waals surface area contributed by atoms with Gasteiger partial charge in [-0.25, -0.2) is 0 Å². The number of hydrogen-bond acceptors (Lipinski definition) is 2. The van der Waals surface area contributed by atoms with Crippen LogP contribution in [0.1, 0.15) is 27.2 Å². The molecule has 0 amide bonds. The Labute approximate surface area is 69.2 Å². The van der Waals surface area contributed by atoms with Gasteiger partial charge >= 0.3 is 0 Å². The number of likely N-dealkylation sites (tertiary alicyclic amines) is 1. The van der Waals surface area contributed by atoms with E-state index < -0.39 is 0 Å². The van der Waals surface area contributed by atoms with Crippen molar-refractivity contribution in [3.63, 3.8) is 0 Å². The fourth-order valence-corrected chi connectivity index (χ4v) is 1.62. The Morgan fingerprint density at radius 2 is 2.00 bits per heavy atom. The van der Waals surface area contributed by atoms with Crippen molar-refractivity contribution in [3.05, 3.63) is 0 Å². The van der Waals surface area contributed by atoms with E-state index in [-0.39, 0.29) is 5.54 Å². The van der Waals surface area contributed by atoms with Crippen molar-refractivity contribution < 1.29 is 5.11 Å². The smallest absolute Gasteiger partial charge is 0.0448 e. The molecule has 0 saturated carbocycles. The summed E-state index contributed by atoms with van der Waals surface area (Å²) in [5.41, 5.74) is 0.210. The second-order valence-corrected chi connectivity index (χ2v) is 4.30. The lowest BCUT2D eigenvalue weighted by atomic mass is 9.90. The molecule has 1 fully saturated rings. The van der Waals surface area contributed by atoms with Crippen LogP contribution in [0.3, 0.4) is 0 Å². The Balaban J connectivity index is 2.33. The summed E-state index contributed by atoms with van der Waals surface area (Å²) in [5, 5.41) is 8.81. The van der Waals surface area contributed by atoms with E-state index in [2.05, 4.69) is 25.7 Å². The van der Waals surface area contributed by atoms with Crippen LogP contribution in [0.4, 0.5) is 0 Å². The van der Waals surface area contributed by atoms with Gasteiger partial charge in [0.05, 0.1) is 0 Å². The predicted molar refractivity (Wildman–Crippen MR) is 46.5 cm³/mol. The molecule has 1 aliphatic heterocycles. The third-order valence-corrected chi connectivity index (χ3v) is 2.64. The molecule has 0 aromatic heterocycles. The highest BCUT2D eigenvalue weighted by Crippen LogP contribution is 2.27. The van der Waals surface area contributed by atoms with Crippen molar-refractivity contribution in [2.75, 3.05) is 19.7 Å². The van der Waals surface area contributed by atoms with E-state index >= 15 is 0 Å². The highest BCUT2D eigenvalue weighted by Gasteiger charge is 2.34. The van der Waals surface area contributed by atoms with E-state index in [1.807, 2.05) is 0 Å². The standard InChI is InChI=1S/C9H19NO/c1-8-6-10(7-8)9(2,3)4-5-11/h8,11H,4-7H2,1-3H3. The summed E-state index contributed by atoms with van der Waals surface area (Å²) in [4.78, 5) is 2.44. The van der Waals surface area contributed by atoms with Crippen LogP contribution in [0, 0.1) is 5.92 Å². The average molecular weight is 157 g/mol. The largest absolute Gasteiger partial charge is 0.396 e. The molecule has 0 atom stereocenters. The number of hydrogen-bond donors (Lipinski definition) is 1. The van der Waals surface area contributed by atoms with Crippen molar-refractivity contribution >= 4 is 0 Å². The molecular formula is C9H19NO. The molecule has 0 radical (unpaired) electrons. The first-order valence-electron chi connectivity index (χ1n) is 4.42. The second kappa shape index (κ2) is 3.11. The summed E-state index contributed by atoms with van der Waals surface area (Å²) in [6.45, 7) is 9.38. The van der Waals surface area contributed by atoms with E-state index in [0.717, 1.165) is 12.3 Å². The van der Waals surface area contributed by atoms with E-state index in [1.165, 1.54) is 13.1 Å². The predicted octanol–water partition coefficient (Wildman–Crippen LogP) is 1.10. The topological polar surface area (TPSA) is 23.5 Å². The molecule has 0 aliphatic carbocycles. The quantitative estimate of drug-likeness (QED) is 0.663. The van der Waals surface area contributed by atoms with Crippen LogP contribution in [0.15, 0.2) is 0 Å². The Bertz CT molecular complexity index is 128. The summed E-state index contributed by atoms with van der Waals surface area (Å²) in [6, 6.07) is 0. The van der Waals surface area contributed by atoms with Gasteiger partial charge in [0.15, 0.2) is 0 Å². The fourth-order valence-electron chi connectivity index (χ4n) is 1.62. The Hall–Kier alpha value is -0.0800. The molecule has 1 N–H and O–H groups in total. The van der Waals surface area contributed by atoms with E-state index in [9.17, 15) is 0 Å². The van der Waals surface area contributed by atoms with Gasteiger partial charge in [-0.2, -0.15) is 0 Å². The average Bonchev–Trinajstić information content (AvgIpc) is 1.81. The Kier molecular flexibility index (Phi) is 2.55. The Morgan fingerprint density at radius 3 is 2.36 bits per heavy atom. The molecule has 2 heteroatoms. The number of aliphatic hydroxyl groups is 1. The van der Waals surface area contributed by atoms with Crippen LogP contribution in [0.2, 0.25) is 0 Å². The first-order chi connectivity index (χ1) is 5.06. The van der Waals surface area contributed by atoms with Crippen LogP contribution in [-0.2, 0) is 0 Å². The van der Waals surface area contributed by atoms with Gasteiger partial charge in [0.25, 0.3) is 0 Å². The first-order valence-corrected chi connectivity index (χ1v) is 4.42. The molecule has 0 unspecified atom stereocenters. The van der Waals surface area contributed by atoms with Gasteiger partial charge in [0, 0.05) is 25.2 Å². The monoisotopic (exact) mass is 157 g/mol. The van der Waals surface area contributed by atoms with E-state index in [1.54, 1.807) is 0 Å². The molecule has 0 aromatic rings. The van der Waals surface area contributed by atoms with Gasteiger partial charge in [-0.3, -0.25) is 4.90 Å². The van der Waals surface area contributed by atoms with Gasteiger partial charge in [0.1, 0.15) is 0 Å². The van der Waals surface area contributed by atoms with Gasteiger partial charge < -0.3 is 5.11 Å². The minimum absolute atomic E-state index is 0.210. The first kappa shape index (κ1) is 9.01. The molecule has 0 spiro atoms. The van der Waals surface area contributed by atoms with Gasteiger partial charge in [-0.15, -0.1) is 0 Å². The summed E-state index contributed by atoms with van der Waals surface area (Å²) < 4.78 is 0. The summed E-state index contributed by atoms with van der Waals surface area (Å²) in [6.07, 6.45) is 0.889. The number of aliphatic hydroxyl groups excluding tert-OH is 1. The molecule has 1 heterocycles. The lowest BCUT2D eigenvalue weighted by Crippen LogP contribution is -2.56. The molecular weight excluding hydrogens is 138 g/mol. The van der Waals surface area contributed by atoms with E-state index in [4.69, 9.17) is 5.11 Å². The minimum Gasteiger partial charge on any atom is -0.396 e. The summed E-state index contributed by atoms with van der Waals surface area (Å²) in [7, 11) is 0. The lowest BCUT2D eigenvalue weighted by Gasteiger charge is -2.48. The zero-order valence-corrected chi connectivity index (χ0v) is 7.80.